The minimum absolute atomic E-state index is 0.209. The molecule has 0 saturated carbocycles. The van der Waals surface area contributed by atoms with Gasteiger partial charge in [-0.15, -0.1) is 5.10 Å². The maximum absolute atomic E-state index is 13.5. The van der Waals surface area contributed by atoms with Crippen molar-refractivity contribution in [3.05, 3.63) is 88.8 Å². The maximum atomic E-state index is 13.5. The Labute approximate surface area is 207 Å². The van der Waals surface area contributed by atoms with Crippen LogP contribution in [-0.2, 0) is 12.2 Å². The number of hydrogen-bond acceptors (Lipinski definition) is 7. The van der Waals surface area contributed by atoms with Crippen LogP contribution in [0, 0.1) is 19.7 Å². The third-order valence-electron chi connectivity index (χ3n) is 5.21. The van der Waals surface area contributed by atoms with E-state index in [1.165, 1.54) is 23.9 Å². The SMILES string of the molecule is COc1ccc(CCNC(=O)c2nnn(-c3ccc(F)cc3)c2CSc2nc(C)cc(C)n2)cc1. The zero-order valence-corrected chi connectivity index (χ0v) is 20.5. The number of aryl methyl sites for hydroxylation is 2. The zero-order chi connectivity index (χ0) is 24.8. The van der Waals surface area contributed by atoms with Crippen molar-refractivity contribution >= 4 is 17.7 Å². The number of nitrogens with zero attached hydrogens (tertiary/aromatic N) is 5. The minimum Gasteiger partial charge on any atom is -0.497 e. The van der Waals surface area contributed by atoms with E-state index in [2.05, 4.69) is 25.6 Å². The molecule has 0 saturated heterocycles. The smallest absolute Gasteiger partial charge is 0.273 e. The fourth-order valence-corrected chi connectivity index (χ4v) is 4.43. The summed E-state index contributed by atoms with van der Waals surface area (Å²) in [5, 5.41) is 11.8. The van der Waals surface area contributed by atoms with E-state index in [1.54, 1.807) is 23.9 Å². The Morgan fingerprint density at radius 3 is 2.40 bits per heavy atom. The third kappa shape index (κ3) is 6.21. The van der Waals surface area contributed by atoms with Crippen LogP contribution < -0.4 is 10.1 Å². The van der Waals surface area contributed by atoms with Crippen LogP contribution >= 0.6 is 11.8 Å². The van der Waals surface area contributed by atoms with Gasteiger partial charge < -0.3 is 10.1 Å². The predicted molar refractivity (Wildman–Crippen MR) is 131 cm³/mol. The van der Waals surface area contributed by atoms with Gasteiger partial charge in [0.1, 0.15) is 11.6 Å². The molecule has 2 aromatic heterocycles. The average molecular weight is 493 g/mol. The van der Waals surface area contributed by atoms with Gasteiger partial charge in [0.05, 0.1) is 18.5 Å². The average Bonchev–Trinajstić information content (AvgIpc) is 3.27. The topological polar surface area (TPSA) is 94.8 Å². The molecule has 2 heterocycles. The first-order valence-electron chi connectivity index (χ1n) is 11.0. The highest BCUT2D eigenvalue weighted by molar-refractivity contribution is 7.98. The second-order valence-corrected chi connectivity index (χ2v) is 8.79. The van der Waals surface area contributed by atoms with Crippen LogP contribution in [0.2, 0.25) is 0 Å². The van der Waals surface area contributed by atoms with Crippen LogP contribution in [0.3, 0.4) is 0 Å². The molecule has 2 aromatic carbocycles. The largest absolute Gasteiger partial charge is 0.497 e. The molecular formula is C25H25FN6O2S. The summed E-state index contributed by atoms with van der Waals surface area (Å²) in [4.78, 5) is 21.9. The summed E-state index contributed by atoms with van der Waals surface area (Å²) in [6.07, 6.45) is 0.655. The first-order chi connectivity index (χ1) is 16.9. The van der Waals surface area contributed by atoms with Crippen LogP contribution in [0.5, 0.6) is 5.75 Å². The van der Waals surface area contributed by atoms with Crippen LogP contribution in [0.4, 0.5) is 4.39 Å². The molecule has 1 N–H and O–H groups in total. The summed E-state index contributed by atoms with van der Waals surface area (Å²) in [5.41, 5.74) is 4.19. The molecule has 0 unspecified atom stereocenters. The number of carbonyl (C=O) groups excluding carboxylic acids is 1. The molecule has 4 rings (SSSR count). The lowest BCUT2D eigenvalue weighted by Gasteiger charge is -2.09. The number of ether oxygens (including phenoxy) is 1. The Balaban J connectivity index is 1.52. The number of benzene rings is 2. The lowest BCUT2D eigenvalue weighted by atomic mass is 10.1. The van der Waals surface area contributed by atoms with Gasteiger partial charge in [-0.25, -0.2) is 19.0 Å². The minimum atomic E-state index is -0.357. The quantitative estimate of drug-likeness (QED) is 0.278. The van der Waals surface area contributed by atoms with E-state index < -0.39 is 0 Å². The Hall–Kier alpha value is -3.79. The fraction of sp³-hybridized carbons (Fsp3) is 0.240. The number of nitrogens with one attached hydrogen (secondary N) is 1. The molecule has 4 aromatic rings. The van der Waals surface area contributed by atoms with Gasteiger partial charge in [-0.05, 0) is 68.3 Å². The molecule has 0 spiro atoms. The van der Waals surface area contributed by atoms with Crippen molar-refractivity contribution in [3.8, 4) is 11.4 Å². The second-order valence-electron chi connectivity index (χ2n) is 7.85. The number of halogens is 1. The zero-order valence-electron chi connectivity index (χ0n) is 19.7. The molecule has 180 valence electrons. The Morgan fingerprint density at radius 1 is 1.06 bits per heavy atom. The molecule has 35 heavy (non-hydrogen) atoms. The molecule has 0 radical (unpaired) electrons. The van der Waals surface area contributed by atoms with E-state index in [0.29, 0.717) is 35.3 Å². The number of carbonyl (C=O) groups is 1. The summed E-state index contributed by atoms with van der Waals surface area (Å²) in [6, 6.07) is 15.5. The van der Waals surface area contributed by atoms with Gasteiger partial charge in [0.25, 0.3) is 5.91 Å². The van der Waals surface area contributed by atoms with E-state index >= 15 is 0 Å². The standard InChI is InChI=1S/C25H25FN6O2S/c1-16-14-17(2)29-25(28-16)35-15-22-23(30-31-32(22)20-8-6-19(26)7-9-20)24(33)27-13-12-18-4-10-21(34-3)11-5-18/h4-11,14H,12-13,15H2,1-3H3,(H,27,33). The monoisotopic (exact) mass is 492 g/mol. The fourth-order valence-electron chi connectivity index (χ4n) is 3.48. The molecule has 1 amide bonds. The number of thioether (sulfide) groups is 1. The van der Waals surface area contributed by atoms with Crippen molar-refractivity contribution in [2.45, 2.75) is 31.2 Å². The molecule has 0 fully saturated rings. The molecule has 0 aliphatic rings. The van der Waals surface area contributed by atoms with Gasteiger partial charge in [-0.3, -0.25) is 4.79 Å². The van der Waals surface area contributed by atoms with Crippen molar-refractivity contribution in [2.75, 3.05) is 13.7 Å². The van der Waals surface area contributed by atoms with Crippen molar-refractivity contribution in [2.24, 2.45) is 0 Å². The van der Waals surface area contributed by atoms with Crippen LogP contribution in [0.25, 0.3) is 5.69 Å². The highest BCUT2D eigenvalue weighted by atomic mass is 32.2. The summed E-state index contributed by atoms with van der Waals surface area (Å²) in [5.74, 6) is 0.452. The summed E-state index contributed by atoms with van der Waals surface area (Å²) in [6.45, 7) is 4.25. The maximum Gasteiger partial charge on any atom is 0.273 e. The normalized spacial score (nSPS) is 10.9. The van der Waals surface area contributed by atoms with Gasteiger partial charge in [0, 0.05) is 23.7 Å². The first-order valence-corrected chi connectivity index (χ1v) is 12.0. The van der Waals surface area contributed by atoms with Crippen molar-refractivity contribution in [3.63, 3.8) is 0 Å². The van der Waals surface area contributed by atoms with Gasteiger partial charge >= 0.3 is 0 Å². The third-order valence-corrected chi connectivity index (χ3v) is 6.07. The molecule has 8 nitrogen and oxygen atoms in total. The van der Waals surface area contributed by atoms with Crippen molar-refractivity contribution in [1.82, 2.24) is 30.3 Å². The molecule has 0 atom stereocenters. The van der Waals surface area contributed by atoms with Crippen LogP contribution in [0.15, 0.2) is 59.8 Å². The van der Waals surface area contributed by atoms with Gasteiger partial charge in [0.15, 0.2) is 10.9 Å². The highest BCUT2D eigenvalue weighted by Gasteiger charge is 2.21. The highest BCUT2D eigenvalue weighted by Crippen LogP contribution is 2.24. The van der Waals surface area contributed by atoms with E-state index in [1.807, 2.05) is 44.2 Å². The van der Waals surface area contributed by atoms with Crippen LogP contribution in [-0.4, -0.2) is 44.5 Å². The summed E-state index contributed by atoms with van der Waals surface area (Å²) < 4.78 is 20.2. The number of aromatic nitrogens is 5. The first kappa shape index (κ1) is 24.3. The molecular weight excluding hydrogens is 467 g/mol. The van der Waals surface area contributed by atoms with E-state index in [9.17, 15) is 9.18 Å². The number of hydrogen-bond donors (Lipinski definition) is 1. The van der Waals surface area contributed by atoms with E-state index in [-0.39, 0.29) is 17.4 Å². The summed E-state index contributed by atoms with van der Waals surface area (Å²) in [7, 11) is 1.62. The number of methoxy groups -OCH3 is 1. The number of rotatable bonds is 9. The van der Waals surface area contributed by atoms with E-state index in [4.69, 9.17) is 4.74 Å². The van der Waals surface area contributed by atoms with Gasteiger partial charge in [0.2, 0.25) is 0 Å². The van der Waals surface area contributed by atoms with Crippen molar-refractivity contribution < 1.29 is 13.9 Å². The number of amides is 1. The molecule has 0 aliphatic heterocycles. The Morgan fingerprint density at radius 2 is 1.74 bits per heavy atom. The second kappa shape index (κ2) is 11.1. The Bertz CT molecular complexity index is 1290. The Kier molecular flexibility index (Phi) is 7.71. The molecule has 0 aliphatic carbocycles. The summed E-state index contributed by atoms with van der Waals surface area (Å²) >= 11 is 1.39. The lowest BCUT2D eigenvalue weighted by molar-refractivity contribution is 0.0948. The molecule has 0 bridgehead atoms. The molecule has 10 heteroatoms. The lowest BCUT2D eigenvalue weighted by Crippen LogP contribution is -2.27. The van der Waals surface area contributed by atoms with Crippen molar-refractivity contribution in [1.29, 1.82) is 0 Å². The van der Waals surface area contributed by atoms with Gasteiger partial charge in [-0.1, -0.05) is 29.1 Å². The van der Waals surface area contributed by atoms with E-state index in [0.717, 1.165) is 22.7 Å². The predicted octanol–water partition coefficient (Wildman–Crippen LogP) is 4.09. The van der Waals surface area contributed by atoms with Gasteiger partial charge in [-0.2, -0.15) is 0 Å². The van der Waals surface area contributed by atoms with Crippen LogP contribution in [0.1, 0.15) is 33.1 Å².